The van der Waals surface area contributed by atoms with Crippen LogP contribution in [0.1, 0.15) is 56.7 Å². The van der Waals surface area contributed by atoms with Gasteiger partial charge in [0.1, 0.15) is 0 Å². The minimum absolute atomic E-state index is 0.0000289. The number of nitrogens with two attached hydrogens (primary N) is 1. The maximum atomic E-state index is 12.4. The van der Waals surface area contributed by atoms with Gasteiger partial charge in [-0.2, -0.15) is 0 Å². The van der Waals surface area contributed by atoms with Crippen LogP contribution in [0.4, 0.5) is 0 Å². The van der Waals surface area contributed by atoms with Gasteiger partial charge in [-0.3, -0.25) is 4.79 Å². The molecule has 1 aromatic rings. The number of hydrogen-bond acceptors (Lipinski definition) is 2. The van der Waals surface area contributed by atoms with Crippen LogP contribution in [0.25, 0.3) is 0 Å². The van der Waals surface area contributed by atoms with E-state index in [1.165, 1.54) is 11.1 Å². The number of carbonyl (C=O) groups excluding carboxylic acids is 1. The number of nitrogens with one attached hydrogen (secondary N) is 1. The minimum atomic E-state index is -0.0191. The zero-order chi connectivity index (χ0) is 14.5. The Morgan fingerprint density at radius 2 is 2.15 bits per heavy atom. The standard InChI is InChI=1S/C17H26N2O/c1-3-5-8-12(4-2)17(20)19-16-14-10-7-6-9-13(14)11-15(16)18/h6-7,9-10,12,15-16H,3-5,8,11,18H2,1-2H3,(H,19,20). The molecule has 3 unspecified atom stereocenters. The third-order valence-corrected chi connectivity index (χ3v) is 4.34. The lowest BCUT2D eigenvalue weighted by Gasteiger charge is -2.22. The highest BCUT2D eigenvalue weighted by Crippen LogP contribution is 2.30. The molecule has 0 saturated heterocycles. The van der Waals surface area contributed by atoms with Gasteiger partial charge in [-0.05, 0) is 30.4 Å². The van der Waals surface area contributed by atoms with Crippen LogP contribution in [-0.4, -0.2) is 11.9 Å². The molecule has 1 aliphatic rings. The fraction of sp³-hybridized carbons (Fsp3) is 0.588. The molecule has 0 aromatic heterocycles. The predicted molar refractivity (Wildman–Crippen MR) is 82.3 cm³/mol. The molecule has 0 heterocycles. The molecular weight excluding hydrogens is 248 g/mol. The van der Waals surface area contributed by atoms with Crippen molar-refractivity contribution < 1.29 is 4.79 Å². The van der Waals surface area contributed by atoms with Gasteiger partial charge in [0, 0.05) is 12.0 Å². The number of amides is 1. The van der Waals surface area contributed by atoms with Gasteiger partial charge in [0.25, 0.3) is 0 Å². The van der Waals surface area contributed by atoms with Crippen molar-refractivity contribution in [3.63, 3.8) is 0 Å². The fourth-order valence-corrected chi connectivity index (χ4v) is 3.05. The lowest BCUT2D eigenvalue weighted by molar-refractivity contribution is -0.126. The van der Waals surface area contributed by atoms with Crippen molar-refractivity contribution >= 4 is 5.91 Å². The molecule has 2 rings (SSSR count). The average Bonchev–Trinajstić information content (AvgIpc) is 2.76. The molecule has 3 nitrogen and oxygen atoms in total. The summed E-state index contributed by atoms with van der Waals surface area (Å²) in [4.78, 5) is 12.4. The zero-order valence-corrected chi connectivity index (χ0v) is 12.6. The monoisotopic (exact) mass is 274 g/mol. The second-order valence-corrected chi connectivity index (χ2v) is 5.80. The number of carbonyl (C=O) groups is 1. The van der Waals surface area contributed by atoms with Gasteiger partial charge in [-0.25, -0.2) is 0 Å². The van der Waals surface area contributed by atoms with E-state index in [0.29, 0.717) is 0 Å². The normalized spacial score (nSPS) is 22.4. The van der Waals surface area contributed by atoms with Crippen LogP contribution in [0.2, 0.25) is 0 Å². The summed E-state index contributed by atoms with van der Waals surface area (Å²) >= 11 is 0. The number of hydrogen-bond donors (Lipinski definition) is 2. The van der Waals surface area contributed by atoms with Crippen molar-refractivity contribution in [3.8, 4) is 0 Å². The van der Waals surface area contributed by atoms with Crippen LogP contribution in [-0.2, 0) is 11.2 Å². The third kappa shape index (κ3) is 3.21. The van der Waals surface area contributed by atoms with E-state index in [9.17, 15) is 4.79 Å². The second-order valence-electron chi connectivity index (χ2n) is 5.80. The van der Waals surface area contributed by atoms with E-state index in [4.69, 9.17) is 5.73 Å². The average molecular weight is 274 g/mol. The first kappa shape index (κ1) is 15.0. The molecule has 3 N–H and O–H groups in total. The Hall–Kier alpha value is -1.35. The van der Waals surface area contributed by atoms with Crippen LogP contribution >= 0.6 is 0 Å². The second kappa shape index (κ2) is 6.89. The van der Waals surface area contributed by atoms with Crippen LogP contribution in [0.15, 0.2) is 24.3 Å². The van der Waals surface area contributed by atoms with E-state index in [2.05, 4.69) is 31.3 Å². The van der Waals surface area contributed by atoms with Gasteiger partial charge in [0.15, 0.2) is 0 Å². The highest BCUT2D eigenvalue weighted by atomic mass is 16.1. The number of rotatable bonds is 6. The van der Waals surface area contributed by atoms with Crippen molar-refractivity contribution in [3.05, 3.63) is 35.4 Å². The molecular formula is C17H26N2O. The Labute approximate surface area is 121 Å². The Morgan fingerprint density at radius 3 is 2.85 bits per heavy atom. The maximum Gasteiger partial charge on any atom is 0.223 e. The first-order valence-corrected chi connectivity index (χ1v) is 7.81. The van der Waals surface area contributed by atoms with Gasteiger partial charge >= 0.3 is 0 Å². The molecule has 0 fully saturated rings. The molecule has 3 atom stereocenters. The zero-order valence-electron chi connectivity index (χ0n) is 12.6. The van der Waals surface area contributed by atoms with Gasteiger partial charge < -0.3 is 11.1 Å². The molecule has 0 bridgehead atoms. The van der Waals surface area contributed by atoms with Crippen molar-refractivity contribution in [2.45, 2.75) is 58.0 Å². The predicted octanol–water partition coefficient (Wildman–Crippen LogP) is 2.94. The van der Waals surface area contributed by atoms with Crippen LogP contribution in [0, 0.1) is 5.92 Å². The van der Waals surface area contributed by atoms with Gasteiger partial charge in [-0.15, -0.1) is 0 Å². The quantitative estimate of drug-likeness (QED) is 0.838. The van der Waals surface area contributed by atoms with Crippen LogP contribution < -0.4 is 11.1 Å². The van der Waals surface area contributed by atoms with Crippen molar-refractivity contribution in [1.82, 2.24) is 5.32 Å². The minimum Gasteiger partial charge on any atom is -0.347 e. The highest BCUT2D eigenvalue weighted by Gasteiger charge is 2.31. The SMILES string of the molecule is CCCCC(CC)C(=O)NC1c2ccccc2CC1N. The first-order chi connectivity index (χ1) is 9.67. The lowest BCUT2D eigenvalue weighted by Crippen LogP contribution is -2.41. The number of unbranched alkanes of at least 4 members (excludes halogenated alkanes) is 1. The molecule has 0 saturated carbocycles. The highest BCUT2D eigenvalue weighted by molar-refractivity contribution is 5.79. The van der Waals surface area contributed by atoms with E-state index in [1.807, 2.05) is 12.1 Å². The van der Waals surface area contributed by atoms with Gasteiger partial charge in [0.05, 0.1) is 6.04 Å². The molecule has 0 spiro atoms. The molecule has 3 heteroatoms. The van der Waals surface area contributed by atoms with E-state index < -0.39 is 0 Å². The topological polar surface area (TPSA) is 55.1 Å². The summed E-state index contributed by atoms with van der Waals surface area (Å²) in [6.07, 6.45) is 4.97. The largest absolute Gasteiger partial charge is 0.347 e. The Morgan fingerprint density at radius 1 is 1.40 bits per heavy atom. The summed E-state index contributed by atoms with van der Waals surface area (Å²) in [6.45, 7) is 4.25. The number of fused-ring (bicyclic) bond motifs is 1. The van der Waals surface area contributed by atoms with Crippen LogP contribution in [0.5, 0.6) is 0 Å². The summed E-state index contributed by atoms with van der Waals surface area (Å²) < 4.78 is 0. The smallest absolute Gasteiger partial charge is 0.223 e. The lowest BCUT2D eigenvalue weighted by atomic mass is 9.97. The number of benzene rings is 1. The van der Waals surface area contributed by atoms with E-state index in [1.54, 1.807) is 0 Å². The summed E-state index contributed by atoms with van der Waals surface area (Å²) in [5, 5.41) is 3.18. The fourth-order valence-electron chi connectivity index (χ4n) is 3.05. The van der Waals surface area contributed by atoms with Gasteiger partial charge in [-0.1, -0.05) is 51.0 Å². The van der Waals surface area contributed by atoms with Crippen molar-refractivity contribution in [1.29, 1.82) is 0 Å². The van der Waals surface area contributed by atoms with Crippen molar-refractivity contribution in [2.24, 2.45) is 11.7 Å². The maximum absolute atomic E-state index is 12.4. The molecule has 110 valence electrons. The molecule has 0 aliphatic heterocycles. The Balaban J connectivity index is 2.04. The summed E-state index contributed by atoms with van der Waals surface area (Å²) in [5.41, 5.74) is 8.67. The molecule has 20 heavy (non-hydrogen) atoms. The first-order valence-electron chi connectivity index (χ1n) is 7.81. The molecule has 1 amide bonds. The molecule has 1 aliphatic carbocycles. The van der Waals surface area contributed by atoms with Crippen LogP contribution in [0.3, 0.4) is 0 Å². The molecule has 1 aromatic carbocycles. The van der Waals surface area contributed by atoms with E-state index in [0.717, 1.165) is 32.1 Å². The van der Waals surface area contributed by atoms with Crippen molar-refractivity contribution in [2.75, 3.05) is 0 Å². The van der Waals surface area contributed by atoms with Gasteiger partial charge in [0.2, 0.25) is 5.91 Å². The molecule has 0 radical (unpaired) electrons. The van der Waals surface area contributed by atoms with E-state index >= 15 is 0 Å². The summed E-state index contributed by atoms with van der Waals surface area (Å²) in [6, 6.07) is 8.22. The third-order valence-electron chi connectivity index (χ3n) is 4.34. The van der Waals surface area contributed by atoms with E-state index in [-0.39, 0.29) is 23.9 Å². The summed E-state index contributed by atoms with van der Waals surface area (Å²) in [5.74, 6) is 0.285. The Kier molecular flexibility index (Phi) is 5.18. The Bertz CT molecular complexity index is 458. The summed E-state index contributed by atoms with van der Waals surface area (Å²) in [7, 11) is 0.